The molecule has 0 saturated heterocycles. The van der Waals surface area contributed by atoms with E-state index in [9.17, 15) is 14.4 Å². The Balaban J connectivity index is 1.38. The molecule has 5 rings (SSSR count). The summed E-state index contributed by atoms with van der Waals surface area (Å²) in [5.41, 5.74) is 3.52. The van der Waals surface area contributed by atoms with E-state index in [2.05, 4.69) is 21.2 Å². The van der Waals surface area contributed by atoms with Crippen molar-refractivity contribution in [3.63, 3.8) is 0 Å². The Kier molecular flexibility index (Phi) is 9.38. The molecule has 4 aromatic carbocycles. The van der Waals surface area contributed by atoms with Gasteiger partial charge in [-0.15, -0.1) is 0 Å². The van der Waals surface area contributed by atoms with E-state index in [0.29, 0.717) is 31.5 Å². The van der Waals surface area contributed by atoms with E-state index >= 15 is 0 Å². The number of benzene rings is 4. The van der Waals surface area contributed by atoms with Gasteiger partial charge < -0.3 is 15.1 Å². The third-order valence-corrected chi connectivity index (χ3v) is 8.43. The number of nitrogens with zero attached hydrogens (tertiary/aromatic N) is 2. The summed E-state index contributed by atoms with van der Waals surface area (Å²) in [6, 6.07) is 28.7. The molecule has 0 radical (unpaired) electrons. The molecule has 2 atom stereocenters. The second kappa shape index (κ2) is 13.3. The monoisotopic (exact) mass is 625 g/mol. The maximum absolute atomic E-state index is 14.0. The molecule has 0 saturated carbocycles. The molecule has 1 N–H and O–H groups in total. The molecule has 0 aromatic heterocycles. The first-order valence-corrected chi connectivity index (χ1v) is 15.4. The highest BCUT2D eigenvalue weighted by Crippen LogP contribution is 2.37. The maximum atomic E-state index is 14.0. The third-order valence-electron chi connectivity index (χ3n) is 7.94. The predicted octanol–water partition coefficient (Wildman–Crippen LogP) is 6.90. The highest BCUT2D eigenvalue weighted by Gasteiger charge is 2.32. The lowest BCUT2D eigenvalue weighted by Crippen LogP contribution is -2.52. The van der Waals surface area contributed by atoms with Gasteiger partial charge in [-0.25, -0.2) is 0 Å². The van der Waals surface area contributed by atoms with E-state index in [-0.39, 0.29) is 30.2 Å². The van der Waals surface area contributed by atoms with Crippen LogP contribution in [0.4, 0.5) is 5.69 Å². The molecule has 0 bridgehead atoms. The number of amides is 3. The SMILES string of the molecule is CC[C@H](C)NC(=O)[C@H](Cc1ccccc1)N(Cc1cccc(Br)c1)C(=O)CCCN1C(=O)c2cccc3cccc1c23. The molecule has 3 amide bonds. The summed E-state index contributed by atoms with van der Waals surface area (Å²) in [6.45, 7) is 4.73. The van der Waals surface area contributed by atoms with Gasteiger partial charge in [0.25, 0.3) is 5.91 Å². The van der Waals surface area contributed by atoms with Crippen molar-refractivity contribution in [3.05, 3.63) is 112 Å². The van der Waals surface area contributed by atoms with Gasteiger partial charge in [-0.1, -0.05) is 89.6 Å². The van der Waals surface area contributed by atoms with Gasteiger partial charge >= 0.3 is 0 Å². The summed E-state index contributed by atoms with van der Waals surface area (Å²) < 4.78 is 0.914. The quantitative estimate of drug-likeness (QED) is 0.186. The van der Waals surface area contributed by atoms with Crippen molar-refractivity contribution in [2.45, 2.75) is 58.2 Å². The Hall–Kier alpha value is -3.97. The standard InChI is InChI=1S/C35H36BrN3O3/c1-3-24(2)37-34(41)31(22-25-11-5-4-6-12-25)39(23-26-13-7-16-28(36)21-26)32(40)19-10-20-38-30-18-9-15-27-14-8-17-29(33(27)30)35(38)42/h4-9,11-18,21,24,31H,3,10,19-20,22-23H2,1-2H3,(H,37,41)/t24-,31-/m0/s1. The zero-order valence-electron chi connectivity index (χ0n) is 24.1. The fourth-order valence-electron chi connectivity index (χ4n) is 5.56. The van der Waals surface area contributed by atoms with Crippen LogP contribution in [0.1, 0.15) is 54.6 Å². The Labute approximate surface area is 255 Å². The molecule has 0 unspecified atom stereocenters. The van der Waals surface area contributed by atoms with Crippen molar-refractivity contribution in [2.75, 3.05) is 11.4 Å². The van der Waals surface area contributed by atoms with Crippen LogP contribution in [0.3, 0.4) is 0 Å². The summed E-state index contributed by atoms with van der Waals surface area (Å²) in [5.74, 6) is -0.305. The lowest BCUT2D eigenvalue weighted by Gasteiger charge is -2.32. The molecular weight excluding hydrogens is 590 g/mol. The number of anilines is 1. The van der Waals surface area contributed by atoms with Gasteiger partial charge in [-0.3, -0.25) is 14.4 Å². The third kappa shape index (κ3) is 6.57. The Morgan fingerprint density at radius 2 is 1.64 bits per heavy atom. The normalized spacial score (nSPS) is 13.7. The number of carbonyl (C=O) groups excluding carboxylic acids is 3. The average Bonchev–Trinajstić information content (AvgIpc) is 3.27. The number of halogens is 1. The van der Waals surface area contributed by atoms with Crippen LogP contribution in [0, 0.1) is 0 Å². The van der Waals surface area contributed by atoms with Crippen molar-refractivity contribution < 1.29 is 14.4 Å². The van der Waals surface area contributed by atoms with Crippen LogP contribution in [-0.2, 0) is 22.6 Å². The zero-order chi connectivity index (χ0) is 29.6. The van der Waals surface area contributed by atoms with Crippen molar-refractivity contribution in [3.8, 4) is 0 Å². The molecular formula is C35H36BrN3O3. The molecule has 42 heavy (non-hydrogen) atoms. The molecule has 1 aliphatic rings. The van der Waals surface area contributed by atoms with Crippen molar-refractivity contribution in [1.29, 1.82) is 0 Å². The first-order chi connectivity index (χ1) is 20.4. The van der Waals surface area contributed by atoms with Crippen LogP contribution in [0.15, 0.2) is 95.5 Å². The van der Waals surface area contributed by atoms with Gasteiger partial charge in [-0.05, 0) is 60.5 Å². The Morgan fingerprint density at radius 3 is 2.38 bits per heavy atom. The first kappa shape index (κ1) is 29.5. The summed E-state index contributed by atoms with van der Waals surface area (Å²) in [5, 5.41) is 5.12. The lowest BCUT2D eigenvalue weighted by atomic mass is 10.0. The summed E-state index contributed by atoms with van der Waals surface area (Å²) in [4.78, 5) is 44.5. The zero-order valence-corrected chi connectivity index (χ0v) is 25.6. The van der Waals surface area contributed by atoms with E-state index in [4.69, 9.17) is 0 Å². The number of rotatable bonds is 12. The van der Waals surface area contributed by atoms with E-state index in [0.717, 1.165) is 38.5 Å². The van der Waals surface area contributed by atoms with Gasteiger partial charge in [-0.2, -0.15) is 0 Å². The summed E-state index contributed by atoms with van der Waals surface area (Å²) in [7, 11) is 0. The summed E-state index contributed by atoms with van der Waals surface area (Å²) >= 11 is 3.54. The van der Waals surface area contributed by atoms with Crippen LogP contribution in [-0.4, -0.2) is 41.2 Å². The van der Waals surface area contributed by atoms with Crippen molar-refractivity contribution in [2.24, 2.45) is 0 Å². The molecule has 1 heterocycles. The van der Waals surface area contributed by atoms with Crippen LogP contribution in [0.5, 0.6) is 0 Å². The smallest absolute Gasteiger partial charge is 0.258 e. The number of hydrogen-bond donors (Lipinski definition) is 1. The van der Waals surface area contributed by atoms with E-state index in [1.807, 2.05) is 105 Å². The molecule has 4 aromatic rings. The number of nitrogens with one attached hydrogen (secondary N) is 1. The minimum Gasteiger partial charge on any atom is -0.352 e. The van der Waals surface area contributed by atoms with E-state index in [1.165, 1.54) is 0 Å². The van der Waals surface area contributed by atoms with Gasteiger partial charge in [0.1, 0.15) is 6.04 Å². The summed E-state index contributed by atoms with van der Waals surface area (Å²) in [6.07, 6.45) is 1.90. The van der Waals surface area contributed by atoms with Crippen molar-refractivity contribution in [1.82, 2.24) is 10.2 Å². The van der Waals surface area contributed by atoms with Crippen LogP contribution < -0.4 is 10.2 Å². The molecule has 216 valence electrons. The number of hydrogen-bond acceptors (Lipinski definition) is 3. The van der Waals surface area contributed by atoms with Gasteiger partial charge in [0, 0.05) is 47.4 Å². The topological polar surface area (TPSA) is 69.7 Å². The fourth-order valence-corrected chi connectivity index (χ4v) is 6.01. The molecule has 0 fully saturated rings. The lowest BCUT2D eigenvalue weighted by molar-refractivity contribution is -0.141. The van der Waals surface area contributed by atoms with E-state index < -0.39 is 6.04 Å². The fraction of sp³-hybridized carbons (Fsp3) is 0.286. The molecule has 0 aliphatic carbocycles. The van der Waals surface area contributed by atoms with Crippen LogP contribution in [0.2, 0.25) is 0 Å². The molecule has 0 spiro atoms. The van der Waals surface area contributed by atoms with E-state index in [1.54, 1.807) is 9.80 Å². The average molecular weight is 627 g/mol. The van der Waals surface area contributed by atoms with Gasteiger partial charge in [0.2, 0.25) is 11.8 Å². The van der Waals surface area contributed by atoms with Crippen molar-refractivity contribution >= 4 is 50.1 Å². The largest absolute Gasteiger partial charge is 0.352 e. The number of carbonyl (C=O) groups is 3. The minimum atomic E-state index is -0.681. The second-order valence-corrected chi connectivity index (χ2v) is 11.8. The minimum absolute atomic E-state index is 0.0101. The molecule has 1 aliphatic heterocycles. The van der Waals surface area contributed by atoms with Crippen LogP contribution in [0.25, 0.3) is 10.8 Å². The van der Waals surface area contributed by atoms with Gasteiger partial charge in [0.15, 0.2) is 0 Å². The molecule has 7 heteroatoms. The Bertz CT molecular complexity index is 1580. The van der Waals surface area contributed by atoms with Gasteiger partial charge in [0.05, 0.1) is 5.69 Å². The molecule has 6 nitrogen and oxygen atoms in total. The predicted molar refractivity (Wildman–Crippen MR) is 171 cm³/mol. The second-order valence-electron chi connectivity index (χ2n) is 10.9. The Morgan fingerprint density at radius 1 is 0.929 bits per heavy atom. The maximum Gasteiger partial charge on any atom is 0.258 e. The highest BCUT2D eigenvalue weighted by molar-refractivity contribution is 9.10. The first-order valence-electron chi connectivity index (χ1n) is 14.6. The van der Waals surface area contributed by atoms with Crippen LogP contribution >= 0.6 is 15.9 Å². The highest BCUT2D eigenvalue weighted by atomic mass is 79.9.